The Morgan fingerprint density at radius 3 is 2.62 bits per heavy atom. The number of benzene rings is 2. The monoisotopic (exact) mass is 474 g/mol. The number of fused-ring (bicyclic) bond motifs is 1. The molecule has 2 aromatic carbocycles. The first-order chi connectivity index (χ1) is 10.0. The number of hydrogen-bond acceptors (Lipinski definition) is 1. The van der Waals surface area contributed by atoms with E-state index in [-0.39, 0.29) is 5.38 Å². The van der Waals surface area contributed by atoms with Gasteiger partial charge >= 0.3 is 0 Å². The molecular formula is C16H13BrClIN2. The fourth-order valence-electron chi connectivity index (χ4n) is 2.36. The molecule has 2 nitrogen and oxygen atoms in total. The van der Waals surface area contributed by atoms with Gasteiger partial charge in [-0.15, -0.1) is 11.6 Å². The third-order valence-corrected chi connectivity index (χ3v) is 4.74. The maximum absolute atomic E-state index is 6.32. The molecule has 108 valence electrons. The van der Waals surface area contributed by atoms with Crippen molar-refractivity contribution in [1.29, 1.82) is 0 Å². The molecule has 1 unspecified atom stereocenters. The highest BCUT2D eigenvalue weighted by Gasteiger charge is 2.15. The molecule has 0 saturated heterocycles. The van der Waals surface area contributed by atoms with E-state index in [9.17, 15) is 0 Å². The van der Waals surface area contributed by atoms with E-state index in [1.54, 1.807) is 0 Å². The van der Waals surface area contributed by atoms with Gasteiger partial charge in [-0.25, -0.2) is 4.98 Å². The van der Waals surface area contributed by atoms with Crippen LogP contribution in [0.3, 0.4) is 0 Å². The van der Waals surface area contributed by atoms with Crippen LogP contribution in [0, 0.1) is 3.57 Å². The van der Waals surface area contributed by atoms with Crippen LogP contribution in [0.2, 0.25) is 0 Å². The van der Waals surface area contributed by atoms with Crippen molar-refractivity contribution in [1.82, 2.24) is 9.55 Å². The van der Waals surface area contributed by atoms with Crippen LogP contribution in [-0.4, -0.2) is 9.55 Å². The Morgan fingerprint density at radius 1 is 1.24 bits per heavy atom. The number of hydrogen-bond donors (Lipinski definition) is 0. The third-order valence-electron chi connectivity index (χ3n) is 3.35. The summed E-state index contributed by atoms with van der Waals surface area (Å²) < 4.78 is 4.47. The maximum Gasteiger partial charge on any atom is 0.128 e. The van der Waals surface area contributed by atoms with Crippen LogP contribution in [0.15, 0.2) is 46.9 Å². The summed E-state index contributed by atoms with van der Waals surface area (Å²) >= 11 is 12.1. The minimum Gasteiger partial charge on any atom is -0.322 e. The van der Waals surface area contributed by atoms with Crippen LogP contribution >= 0.6 is 50.1 Å². The van der Waals surface area contributed by atoms with E-state index in [1.807, 2.05) is 6.92 Å². The van der Waals surface area contributed by atoms with Gasteiger partial charge in [0.15, 0.2) is 0 Å². The van der Waals surface area contributed by atoms with E-state index in [4.69, 9.17) is 16.6 Å². The number of alkyl halides is 1. The maximum atomic E-state index is 6.32. The predicted octanol–water partition coefficient (Wildman–Crippen LogP) is 5.75. The lowest BCUT2D eigenvalue weighted by Gasteiger charge is -2.11. The van der Waals surface area contributed by atoms with Gasteiger partial charge < -0.3 is 4.57 Å². The van der Waals surface area contributed by atoms with Crippen molar-refractivity contribution in [3.63, 3.8) is 0 Å². The molecular weight excluding hydrogens is 462 g/mol. The van der Waals surface area contributed by atoms with Gasteiger partial charge in [-0.1, -0.05) is 28.1 Å². The van der Waals surface area contributed by atoms with E-state index >= 15 is 0 Å². The molecule has 0 N–H and O–H groups in total. The Morgan fingerprint density at radius 2 is 1.95 bits per heavy atom. The highest BCUT2D eigenvalue weighted by Crippen LogP contribution is 2.27. The quantitative estimate of drug-likeness (QED) is 0.348. The van der Waals surface area contributed by atoms with Crippen LogP contribution in [0.5, 0.6) is 0 Å². The zero-order chi connectivity index (χ0) is 15.0. The molecule has 0 radical (unpaired) electrons. The zero-order valence-electron chi connectivity index (χ0n) is 11.4. The van der Waals surface area contributed by atoms with Crippen molar-refractivity contribution in [3.8, 4) is 0 Å². The van der Waals surface area contributed by atoms with Crippen LogP contribution in [0.4, 0.5) is 0 Å². The SMILES string of the molecule is CC(Cl)c1nc2cc(I)ccc2n1Cc1ccc(Br)cc1. The number of rotatable bonds is 3. The summed E-state index contributed by atoms with van der Waals surface area (Å²) in [7, 11) is 0. The summed E-state index contributed by atoms with van der Waals surface area (Å²) in [6.45, 7) is 2.74. The standard InChI is InChI=1S/C16H13BrClIN2/c1-10(18)16-20-14-8-13(19)6-7-15(14)21(16)9-11-2-4-12(17)5-3-11/h2-8,10H,9H2,1H3. The minimum absolute atomic E-state index is 0.120. The highest BCUT2D eigenvalue weighted by atomic mass is 127. The Kier molecular flexibility index (Phi) is 4.57. The smallest absolute Gasteiger partial charge is 0.128 e. The molecule has 5 heteroatoms. The van der Waals surface area contributed by atoms with Crippen LogP contribution in [0.25, 0.3) is 11.0 Å². The molecule has 3 aromatic rings. The second kappa shape index (κ2) is 6.26. The molecule has 0 aliphatic rings. The van der Waals surface area contributed by atoms with Crippen LogP contribution in [-0.2, 0) is 6.54 Å². The second-order valence-electron chi connectivity index (χ2n) is 4.93. The minimum atomic E-state index is -0.120. The molecule has 0 bridgehead atoms. The van der Waals surface area contributed by atoms with Crippen molar-refractivity contribution in [2.24, 2.45) is 0 Å². The van der Waals surface area contributed by atoms with Gasteiger partial charge in [0.1, 0.15) is 5.82 Å². The third kappa shape index (κ3) is 3.27. The first-order valence-electron chi connectivity index (χ1n) is 6.59. The van der Waals surface area contributed by atoms with Gasteiger partial charge in [0.2, 0.25) is 0 Å². The summed E-state index contributed by atoms with van der Waals surface area (Å²) in [5, 5.41) is -0.120. The average molecular weight is 476 g/mol. The van der Waals surface area contributed by atoms with E-state index in [0.29, 0.717) is 0 Å². The number of nitrogens with zero attached hydrogens (tertiary/aromatic N) is 2. The molecule has 0 saturated carbocycles. The van der Waals surface area contributed by atoms with Crippen molar-refractivity contribution in [3.05, 3.63) is 61.9 Å². The van der Waals surface area contributed by atoms with Crippen molar-refractivity contribution in [2.75, 3.05) is 0 Å². The Labute approximate surface area is 150 Å². The van der Waals surface area contributed by atoms with E-state index in [1.165, 1.54) is 9.13 Å². The largest absolute Gasteiger partial charge is 0.322 e. The predicted molar refractivity (Wildman–Crippen MR) is 100.0 cm³/mol. The molecule has 0 amide bonds. The lowest BCUT2D eigenvalue weighted by molar-refractivity contribution is 0.742. The fraction of sp³-hybridized carbons (Fsp3) is 0.188. The number of halogens is 3. The van der Waals surface area contributed by atoms with E-state index in [2.05, 4.69) is 85.6 Å². The number of imidazole rings is 1. The van der Waals surface area contributed by atoms with Gasteiger partial charge in [0.05, 0.1) is 16.4 Å². The molecule has 1 aromatic heterocycles. The first-order valence-corrected chi connectivity index (χ1v) is 8.89. The summed E-state index contributed by atoms with van der Waals surface area (Å²) in [6.07, 6.45) is 0. The normalized spacial score (nSPS) is 12.8. The van der Waals surface area contributed by atoms with E-state index < -0.39 is 0 Å². The zero-order valence-corrected chi connectivity index (χ0v) is 15.9. The van der Waals surface area contributed by atoms with Gasteiger partial charge in [-0.3, -0.25) is 0 Å². The highest BCUT2D eigenvalue weighted by molar-refractivity contribution is 14.1. The Bertz CT molecular complexity index is 781. The topological polar surface area (TPSA) is 17.8 Å². The Balaban J connectivity index is 2.10. The molecule has 0 aliphatic heterocycles. The molecule has 1 atom stereocenters. The van der Waals surface area contributed by atoms with Crippen LogP contribution < -0.4 is 0 Å². The van der Waals surface area contributed by atoms with Gasteiger partial charge in [-0.2, -0.15) is 0 Å². The summed E-state index contributed by atoms with van der Waals surface area (Å²) in [4.78, 5) is 4.70. The summed E-state index contributed by atoms with van der Waals surface area (Å²) in [5.74, 6) is 0.914. The van der Waals surface area contributed by atoms with Gasteiger partial charge in [0.25, 0.3) is 0 Å². The summed E-state index contributed by atoms with van der Waals surface area (Å²) in [5.41, 5.74) is 3.36. The lowest BCUT2D eigenvalue weighted by atomic mass is 10.2. The van der Waals surface area contributed by atoms with E-state index in [0.717, 1.165) is 27.9 Å². The fourth-order valence-corrected chi connectivity index (χ4v) is 3.27. The average Bonchev–Trinajstić information content (AvgIpc) is 2.79. The first kappa shape index (κ1) is 15.3. The van der Waals surface area contributed by atoms with Crippen molar-refractivity contribution in [2.45, 2.75) is 18.8 Å². The molecule has 0 fully saturated rings. The van der Waals surface area contributed by atoms with Crippen molar-refractivity contribution >= 4 is 61.2 Å². The summed E-state index contributed by atoms with van der Waals surface area (Å²) in [6, 6.07) is 14.7. The molecule has 3 rings (SSSR count). The van der Waals surface area contributed by atoms with Crippen molar-refractivity contribution < 1.29 is 0 Å². The molecule has 0 aliphatic carbocycles. The molecule has 0 spiro atoms. The molecule has 21 heavy (non-hydrogen) atoms. The second-order valence-corrected chi connectivity index (χ2v) is 7.75. The Hall–Kier alpha value is -0.590. The van der Waals surface area contributed by atoms with Gasteiger partial charge in [-0.05, 0) is 65.4 Å². The molecule has 1 heterocycles. The number of aromatic nitrogens is 2. The van der Waals surface area contributed by atoms with Gasteiger partial charge in [0, 0.05) is 14.6 Å². The lowest BCUT2D eigenvalue weighted by Crippen LogP contribution is -2.05. The van der Waals surface area contributed by atoms with Crippen LogP contribution in [0.1, 0.15) is 23.7 Å².